The third kappa shape index (κ3) is 3.15. The number of rotatable bonds is 5. The lowest BCUT2D eigenvalue weighted by molar-refractivity contribution is -0.167. The Morgan fingerprint density at radius 1 is 1.24 bits per heavy atom. The van der Waals surface area contributed by atoms with E-state index in [1.807, 2.05) is 13.8 Å². The predicted molar refractivity (Wildman–Crippen MR) is 61.0 cm³/mol. The molecule has 1 aliphatic rings. The van der Waals surface area contributed by atoms with Crippen LogP contribution in [-0.2, 0) is 9.53 Å². The van der Waals surface area contributed by atoms with E-state index in [4.69, 9.17) is 4.74 Å². The molecule has 0 heterocycles. The zero-order chi connectivity index (χ0) is 13.1. The maximum Gasteiger partial charge on any atom is 0.293 e. The number of carbonyl (C=O) groups is 1. The molecule has 0 aromatic rings. The number of halogens is 2. The lowest BCUT2D eigenvalue weighted by atomic mass is 9.74. The number of hydrogen-bond donors (Lipinski definition) is 1. The van der Waals surface area contributed by atoms with Gasteiger partial charge in [-0.1, -0.05) is 13.8 Å². The summed E-state index contributed by atoms with van der Waals surface area (Å²) in [5.74, 6) is -2.41. The van der Waals surface area contributed by atoms with Gasteiger partial charge in [0.1, 0.15) is 5.60 Å². The maximum atomic E-state index is 13.2. The molecule has 1 fully saturated rings. The first-order chi connectivity index (χ1) is 7.87. The fourth-order valence-electron chi connectivity index (χ4n) is 2.84. The zero-order valence-corrected chi connectivity index (χ0v) is 10.6. The number of hydrogen-bond acceptors (Lipinski definition) is 3. The highest BCUT2D eigenvalue weighted by molar-refractivity contribution is 5.39. The van der Waals surface area contributed by atoms with Crippen LogP contribution in [0.15, 0.2) is 0 Å². The van der Waals surface area contributed by atoms with E-state index in [1.54, 1.807) is 7.05 Å². The second kappa shape index (κ2) is 5.29. The quantitative estimate of drug-likeness (QED) is 0.760. The first-order valence-electron chi connectivity index (χ1n) is 6.03. The Labute approximate surface area is 101 Å². The Morgan fingerprint density at radius 3 is 2.12 bits per heavy atom. The second-order valence-corrected chi connectivity index (χ2v) is 5.15. The van der Waals surface area contributed by atoms with Crippen molar-refractivity contribution in [2.45, 2.75) is 57.1 Å². The molecule has 1 rings (SSSR count). The molecule has 0 radical (unpaired) electrons. The summed E-state index contributed by atoms with van der Waals surface area (Å²) >= 11 is 0. The first kappa shape index (κ1) is 14.4. The minimum absolute atomic E-state index is 0.0937. The molecule has 1 aliphatic carbocycles. The lowest BCUT2D eigenvalue weighted by Crippen LogP contribution is -2.57. The van der Waals surface area contributed by atoms with Crippen molar-refractivity contribution in [1.82, 2.24) is 5.32 Å². The summed E-state index contributed by atoms with van der Waals surface area (Å²) in [6, 6.07) is -0.0937. The summed E-state index contributed by atoms with van der Waals surface area (Å²) < 4.78 is 31.6. The topological polar surface area (TPSA) is 38.3 Å². The smallest absolute Gasteiger partial charge is 0.293 e. The van der Waals surface area contributed by atoms with Gasteiger partial charge in [0, 0.05) is 18.9 Å². The van der Waals surface area contributed by atoms with Gasteiger partial charge in [-0.25, -0.2) is 8.78 Å². The lowest BCUT2D eigenvalue weighted by Gasteiger charge is -2.45. The molecule has 0 saturated heterocycles. The van der Waals surface area contributed by atoms with Gasteiger partial charge in [-0.15, -0.1) is 0 Å². The maximum absolute atomic E-state index is 13.2. The molecule has 0 spiro atoms. The van der Waals surface area contributed by atoms with E-state index >= 15 is 0 Å². The Morgan fingerprint density at radius 2 is 1.76 bits per heavy atom. The Hall–Kier alpha value is -0.710. The van der Waals surface area contributed by atoms with Crippen molar-refractivity contribution >= 4 is 6.47 Å². The highest BCUT2D eigenvalue weighted by Crippen LogP contribution is 2.43. The molecule has 0 amide bonds. The van der Waals surface area contributed by atoms with E-state index in [9.17, 15) is 13.6 Å². The third-order valence-electron chi connectivity index (χ3n) is 3.66. The zero-order valence-electron chi connectivity index (χ0n) is 10.6. The molecule has 0 aromatic carbocycles. The minimum atomic E-state index is -2.62. The fraction of sp³-hybridized carbons (Fsp3) is 0.917. The van der Waals surface area contributed by atoms with Crippen molar-refractivity contribution in [2.75, 3.05) is 7.05 Å². The SMILES string of the molecule is CNC(C(C)C)C1(OC=O)CCC(F)(F)CC1. The third-order valence-corrected chi connectivity index (χ3v) is 3.66. The summed E-state index contributed by atoms with van der Waals surface area (Å²) in [5, 5.41) is 3.10. The van der Waals surface area contributed by atoms with Gasteiger partial charge in [-0.3, -0.25) is 4.79 Å². The Bertz CT molecular complexity index is 259. The van der Waals surface area contributed by atoms with Crippen molar-refractivity contribution in [3.8, 4) is 0 Å². The number of alkyl halides is 2. The van der Waals surface area contributed by atoms with Crippen LogP contribution in [0.25, 0.3) is 0 Å². The van der Waals surface area contributed by atoms with Gasteiger partial charge in [0.15, 0.2) is 0 Å². The van der Waals surface area contributed by atoms with Gasteiger partial charge >= 0.3 is 0 Å². The number of ether oxygens (including phenoxy) is 1. The summed E-state index contributed by atoms with van der Waals surface area (Å²) in [5.41, 5.74) is -0.785. The van der Waals surface area contributed by atoms with E-state index in [0.29, 0.717) is 6.47 Å². The summed E-state index contributed by atoms with van der Waals surface area (Å²) in [6.07, 6.45) is -0.0116. The molecule has 17 heavy (non-hydrogen) atoms. The Balaban J connectivity index is 2.87. The molecule has 0 bridgehead atoms. The predicted octanol–water partition coefficient (Wildman–Crippen LogP) is 2.35. The summed E-state index contributed by atoms with van der Waals surface area (Å²) in [6.45, 7) is 4.36. The van der Waals surface area contributed by atoms with Crippen LogP contribution in [-0.4, -0.2) is 31.1 Å². The van der Waals surface area contributed by atoms with Gasteiger partial charge < -0.3 is 10.1 Å². The van der Waals surface area contributed by atoms with Crippen molar-refractivity contribution in [3.05, 3.63) is 0 Å². The summed E-state index contributed by atoms with van der Waals surface area (Å²) in [4.78, 5) is 10.6. The van der Waals surface area contributed by atoms with Crippen molar-refractivity contribution in [1.29, 1.82) is 0 Å². The number of nitrogens with one attached hydrogen (secondary N) is 1. The van der Waals surface area contributed by atoms with E-state index in [1.165, 1.54) is 0 Å². The highest BCUT2D eigenvalue weighted by atomic mass is 19.3. The molecule has 5 heteroatoms. The van der Waals surface area contributed by atoms with Gasteiger partial charge in [0.05, 0.1) is 0 Å². The van der Waals surface area contributed by atoms with E-state index in [2.05, 4.69) is 5.32 Å². The first-order valence-corrected chi connectivity index (χ1v) is 6.03. The fourth-order valence-corrected chi connectivity index (χ4v) is 2.84. The van der Waals surface area contributed by atoms with Crippen molar-refractivity contribution < 1.29 is 18.3 Å². The largest absolute Gasteiger partial charge is 0.460 e. The summed E-state index contributed by atoms with van der Waals surface area (Å²) in [7, 11) is 1.77. The van der Waals surface area contributed by atoms with Crippen LogP contribution in [0.3, 0.4) is 0 Å². The van der Waals surface area contributed by atoms with Crippen molar-refractivity contribution in [3.63, 3.8) is 0 Å². The molecular formula is C12H21F2NO2. The molecule has 1 saturated carbocycles. The molecule has 1 unspecified atom stereocenters. The van der Waals surface area contributed by atoms with Gasteiger partial charge in [0.25, 0.3) is 6.47 Å². The Kier molecular flexibility index (Phi) is 4.47. The van der Waals surface area contributed by atoms with Crippen LogP contribution in [0.2, 0.25) is 0 Å². The van der Waals surface area contributed by atoms with Crippen LogP contribution >= 0.6 is 0 Å². The molecule has 3 nitrogen and oxygen atoms in total. The second-order valence-electron chi connectivity index (χ2n) is 5.15. The van der Waals surface area contributed by atoms with Gasteiger partial charge in [0.2, 0.25) is 5.92 Å². The minimum Gasteiger partial charge on any atom is -0.460 e. The monoisotopic (exact) mass is 249 g/mol. The standard InChI is InChI=1S/C12H21F2NO2/c1-9(2)10(15-3)11(17-8-16)4-6-12(13,14)7-5-11/h8-10,15H,4-7H2,1-3H3. The average Bonchev–Trinajstić information content (AvgIpc) is 2.23. The molecule has 0 aliphatic heterocycles. The van der Waals surface area contributed by atoms with Crippen LogP contribution < -0.4 is 5.32 Å². The van der Waals surface area contributed by atoms with Gasteiger partial charge in [-0.05, 0) is 25.8 Å². The normalized spacial score (nSPS) is 24.4. The van der Waals surface area contributed by atoms with Crippen LogP contribution in [0, 0.1) is 5.92 Å². The molecular weight excluding hydrogens is 228 g/mol. The van der Waals surface area contributed by atoms with Crippen LogP contribution in [0.5, 0.6) is 0 Å². The average molecular weight is 249 g/mol. The van der Waals surface area contributed by atoms with Crippen LogP contribution in [0.4, 0.5) is 8.78 Å². The van der Waals surface area contributed by atoms with Crippen LogP contribution in [0.1, 0.15) is 39.5 Å². The molecule has 100 valence electrons. The van der Waals surface area contributed by atoms with E-state index in [0.717, 1.165) is 0 Å². The molecule has 1 atom stereocenters. The number of carbonyl (C=O) groups excluding carboxylic acids is 1. The highest BCUT2D eigenvalue weighted by Gasteiger charge is 2.49. The molecule has 1 N–H and O–H groups in total. The number of likely N-dealkylation sites (N-methyl/N-ethyl adjacent to an activating group) is 1. The molecule has 0 aromatic heterocycles. The van der Waals surface area contributed by atoms with E-state index in [-0.39, 0.29) is 37.6 Å². The van der Waals surface area contributed by atoms with E-state index < -0.39 is 11.5 Å². The van der Waals surface area contributed by atoms with Crippen molar-refractivity contribution in [2.24, 2.45) is 5.92 Å². The van der Waals surface area contributed by atoms with Gasteiger partial charge in [-0.2, -0.15) is 0 Å².